The van der Waals surface area contributed by atoms with Gasteiger partial charge in [-0.3, -0.25) is 23.4 Å². The van der Waals surface area contributed by atoms with Crippen molar-refractivity contribution in [3.05, 3.63) is 39.4 Å². The van der Waals surface area contributed by atoms with E-state index in [0.29, 0.717) is 4.57 Å². The molecule has 2 aliphatic rings. The summed E-state index contributed by atoms with van der Waals surface area (Å²) in [5.74, 6) is -0.0569. The molecule has 11 atom stereocenters. The summed E-state index contributed by atoms with van der Waals surface area (Å²) in [6, 6.07) is 0.905. The number of aliphatic hydroxyl groups is 4. The topological polar surface area (TPSA) is 386 Å². The van der Waals surface area contributed by atoms with Crippen LogP contribution in [0.5, 0.6) is 0 Å². The van der Waals surface area contributed by atoms with E-state index in [0.717, 1.165) is 23.3 Å². The first-order valence-corrected chi connectivity index (χ1v) is 17.2. The first kappa shape index (κ1) is 35.4. The molecule has 3 aromatic rings. The maximum absolute atomic E-state index is 12.3. The van der Waals surface area contributed by atoms with Gasteiger partial charge >= 0.3 is 29.2 Å². The summed E-state index contributed by atoms with van der Waals surface area (Å²) in [6.45, 7) is -2.19. The van der Waals surface area contributed by atoms with Gasteiger partial charge in [0.1, 0.15) is 43.0 Å². The number of H-pyrrole nitrogens is 1. The van der Waals surface area contributed by atoms with Gasteiger partial charge < -0.3 is 50.3 Å². The minimum Gasteiger partial charge on any atom is -0.387 e. The zero-order chi connectivity index (χ0) is 34.5. The number of fused-ring (bicyclic) bond motifs is 1. The van der Waals surface area contributed by atoms with Crippen LogP contribution in [0.4, 0.5) is 5.82 Å². The van der Waals surface area contributed by atoms with Gasteiger partial charge in [0.2, 0.25) is 0 Å². The quantitative estimate of drug-likeness (QED) is 0.0799. The van der Waals surface area contributed by atoms with E-state index in [9.17, 15) is 58.4 Å². The number of nitrogen functional groups attached to an aromatic ring is 1. The highest BCUT2D eigenvalue weighted by Crippen LogP contribution is 2.67. The summed E-state index contributed by atoms with van der Waals surface area (Å²) in [4.78, 5) is 62.4. The largest absolute Gasteiger partial charge is 0.490 e. The molecule has 0 spiro atoms. The number of ether oxygens (including phenoxy) is 2. The molecule has 260 valence electrons. The fourth-order valence-corrected chi connectivity index (χ4v) is 7.93. The normalized spacial score (nSPS) is 31.8. The van der Waals surface area contributed by atoms with Crippen LogP contribution in [0, 0.1) is 0 Å². The van der Waals surface area contributed by atoms with Crippen LogP contribution < -0.4 is 17.0 Å². The number of hydrogen-bond donors (Lipinski definition) is 9. The molecule has 2 fully saturated rings. The molecule has 3 unspecified atom stereocenters. The smallest absolute Gasteiger partial charge is 0.387 e. The summed E-state index contributed by atoms with van der Waals surface area (Å²) in [7, 11) is -17.3. The molecule has 2 saturated heterocycles. The third-order valence-electron chi connectivity index (χ3n) is 6.55. The van der Waals surface area contributed by atoms with Crippen molar-refractivity contribution in [1.82, 2.24) is 34.5 Å². The highest BCUT2D eigenvalue weighted by atomic mass is 31.3. The van der Waals surface area contributed by atoms with Gasteiger partial charge in [0.05, 0.1) is 13.2 Å². The summed E-state index contributed by atoms with van der Waals surface area (Å²) in [5, 5.41) is 48.7. The Hall–Kier alpha value is -2.87. The lowest BCUT2D eigenvalue weighted by molar-refractivity contribution is -0.0568. The number of aromatic nitrogens is 7. The Morgan fingerprint density at radius 3 is 1.98 bits per heavy atom. The van der Waals surface area contributed by atoms with Crippen LogP contribution in [0.3, 0.4) is 0 Å². The summed E-state index contributed by atoms with van der Waals surface area (Å²) in [6.07, 6.45) is -11.5. The fraction of sp³-hybridized carbons (Fsp3) is 0.556. The van der Waals surface area contributed by atoms with E-state index in [-0.39, 0.29) is 17.0 Å². The number of nitrogens with two attached hydrogens (primary N) is 1. The Balaban J connectivity index is 1.15. The van der Waals surface area contributed by atoms with Crippen LogP contribution in [-0.2, 0) is 40.8 Å². The lowest BCUT2D eigenvalue weighted by Crippen LogP contribution is -2.37. The molecule has 10 N–H and O–H groups in total. The summed E-state index contributed by atoms with van der Waals surface area (Å²) < 4.78 is 66.2. The molecular formula is C18H25N8O18P3. The molecule has 3 aromatic heterocycles. The SMILES string of the molecule is Nc1ncnc2c1nnn2[C@H]1O[C@H](COP(=O)(O)OP(=O)(O)OP(=O)(O)OC[C@H]2O[C@H](n3ccc(=O)[nH]c3=O)[C@H](O)[C@@H]2O)[C@@H](O)[C@H]1O. The number of nitrogens with one attached hydrogen (secondary N) is 1. The van der Waals surface area contributed by atoms with Crippen molar-refractivity contribution < 1.29 is 75.9 Å². The highest BCUT2D eigenvalue weighted by Gasteiger charge is 2.49. The Labute approximate surface area is 258 Å². The van der Waals surface area contributed by atoms with Crippen LogP contribution in [0.2, 0.25) is 0 Å². The molecule has 47 heavy (non-hydrogen) atoms. The number of aromatic amines is 1. The van der Waals surface area contributed by atoms with Crippen molar-refractivity contribution in [1.29, 1.82) is 0 Å². The summed E-state index contributed by atoms with van der Waals surface area (Å²) >= 11 is 0. The first-order valence-electron chi connectivity index (χ1n) is 12.7. The predicted octanol–water partition coefficient (Wildman–Crippen LogP) is -4.04. The maximum atomic E-state index is 12.3. The number of rotatable bonds is 12. The van der Waals surface area contributed by atoms with Crippen molar-refractivity contribution in [3.8, 4) is 0 Å². The molecule has 2 aliphatic heterocycles. The van der Waals surface area contributed by atoms with Gasteiger partial charge in [-0.1, -0.05) is 5.21 Å². The van der Waals surface area contributed by atoms with Gasteiger partial charge in [-0.2, -0.15) is 13.3 Å². The van der Waals surface area contributed by atoms with E-state index >= 15 is 0 Å². The molecule has 5 rings (SSSR count). The zero-order valence-corrected chi connectivity index (χ0v) is 25.7. The zero-order valence-electron chi connectivity index (χ0n) is 23.0. The number of hydrogen-bond acceptors (Lipinski definition) is 20. The number of anilines is 1. The minimum atomic E-state index is -5.98. The second-order valence-electron chi connectivity index (χ2n) is 9.74. The van der Waals surface area contributed by atoms with Gasteiger partial charge in [0, 0.05) is 12.3 Å². The fourth-order valence-electron chi connectivity index (χ4n) is 4.40. The van der Waals surface area contributed by atoms with Crippen molar-refractivity contribution in [3.63, 3.8) is 0 Å². The molecule has 29 heteroatoms. The van der Waals surface area contributed by atoms with E-state index in [2.05, 4.69) is 37.9 Å². The Morgan fingerprint density at radius 1 is 0.851 bits per heavy atom. The van der Waals surface area contributed by atoms with Gasteiger partial charge in [-0.25, -0.2) is 28.5 Å². The minimum absolute atomic E-state index is 0.00486. The van der Waals surface area contributed by atoms with Crippen LogP contribution in [0.25, 0.3) is 11.2 Å². The molecular weight excluding hydrogens is 709 g/mol. The van der Waals surface area contributed by atoms with Crippen molar-refractivity contribution in [2.75, 3.05) is 18.9 Å². The highest BCUT2D eigenvalue weighted by molar-refractivity contribution is 7.66. The monoisotopic (exact) mass is 734 g/mol. The average Bonchev–Trinajstić information content (AvgIpc) is 3.60. The Kier molecular flexibility index (Phi) is 9.96. The Morgan fingerprint density at radius 2 is 1.40 bits per heavy atom. The second kappa shape index (κ2) is 13.2. The molecule has 0 saturated carbocycles. The van der Waals surface area contributed by atoms with E-state index in [1.165, 1.54) is 0 Å². The average molecular weight is 734 g/mol. The van der Waals surface area contributed by atoms with E-state index < -0.39 is 97.0 Å². The standard InChI is InChI=1S/C18H25N8O18P3/c19-14-9-15(21-5-20-14)26(24-23-9)17-13(31)11(29)7(42-17)4-40-46(35,36)44-47(37,38)43-45(33,34)39-3-6-10(28)12(30)16(41-6)25-2-1-8(27)22-18(25)32/h1-2,5-7,10-13,16-17,28-31H,3-4H2,(H,33,34)(H,35,36)(H,37,38)(H2,19,20,21)(H,22,27,32)/t6-,7-,10-,11-,12-,13-,16+,17+/m1/s1. The number of phosphoric acid groups is 3. The van der Waals surface area contributed by atoms with Gasteiger partial charge in [0.15, 0.2) is 29.4 Å². The van der Waals surface area contributed by atoms with E-state index in [4.69, 9.17) is 15.2 Å². The number of phosphoric ester groups is 2. The molecule has 0 amide bonds. The summed E-state index contributed by atoms with van der Waals surface area (Å²) in [5.41, 5.74) is 3.90. The molecule has 0 radical (unpaired) electrons. The molecule has 26 nitrogen and oxygen atoms in total. The molecule has 5 heterocycles. The van der Waals surface area contributed by atoms with Gasteiger partial charge in [-0.05, 0) is 0 Å². The van der Waals surface area contributed by atoms with E-state index in [1.54, 1.807) is 0 Å². The third-order valence-corrected chi connectivity index (χ3v) is 10.8. The molecule has 0 aliphatic carbocycles. The van der Waals surface area contributed by atoms with Gasteiger partial charge in [0.25, 0.3) is 5.56 Å². The third kappa shape index (κ3) is 7.73. The van der Waals surface area contributed by atoms with Crippen LogP contribution >= 0.6 is 23.5 Å². The van der Waals surface area contributed by atoms with Crippen molar-refractivity contribution in [2.45, 2.75) is 49.1 Å². The Bertz CT molecular complexity index is 1890. The number of aliphatic hydroxyl groups excluding tert-OH is 4. The molecule has 0 aromatic carbocycles. The van der Waals surface area contributed by atoms with Gasteiger partial charge in [-0.15, -0.1) is 5.10 Å². The van der Waals surface area contributed by atoms with E-state index in [1.807, 2.05) is 4.98 Å². The van der Waals surface area contributed by atoms with Crippen LogP contribution in [0.1, 0.15) is 12.5 Å². The lowest BCUT2D eigenvalue weighted by Gasteiger charge is -2.21. The number of nitrogens with zero attached hydrogens (tertiary/aromatic N) is 6. The second-order valence-corrected chi connectivity index (χ2v) is 14.4. The van der Waals surface area contributed by atoms with Crippen LogP contribution in [0.15, 0.2) is 28.2 Å². The predicted molar refractivity (Wildman–Crippen MR) is 144 cm³/mol. The van der Waals surface area contributed by atoms with Crippen LogP contribution in [-0.4, -0.2) is 119 Å². The van der Waals surface area contributed by atoms with Crippen molar-refractivity contribution >= 4 is 40.4 Å². The first-order chi connectivity index (χ1) is 21.9. The lowest BCUT2D eigenvalue weighted by atomic mass is 10.1. The molecule has 0 bridgehead atoms. The maximum Gasteiger partial charge on any atom is 0.490 e. The van der Waals surface area contributed by atoms with Crippen molar-refractivity contribution in [2.24, 2.45) is 0 Å².